The molecule has 0 saturated carbocycles. The van der Waals surface area contributed by atoms with Gasteiger partial charge in [0.1, 0.15) is 5.82 Å². The molecule has 6 aromatic rings. The minimum absolute atomic E-state index is 0.120. The predicted molar refractivity (Wildman–Crippen MR) is 127 cm³/mol. The average Bonchev–Trinajstić information content (AvgIpc) is 3.58. The first-order valence-electron chi connectivity index (χ1n) is 10.5. The minimum Gasteiger partial charge on any atom is -0.382 e. The summed E-state index contributed by atoms with van der Waals surface area (Å²) in [6, 6.07) is 20.3. The number of aromatic amines is 1. The molecule has 0 aliphatic heterocycles. The Morgan fingerprint density at radius 2 is 1.91 bits per heavy atom. The fourth-order valence-corrected chi connectivity index (χ4v) is 4.19. The fourth-order valence-electron chi connectivity index (χ4n) is 4.19. The molecule has 0 radical (unpaired) electrons. The summed E-state index contributed by atoms with van der Waals surface area (Å²) in [7, 11) is 0. The summed E-state index contributed by atoms with van der Waals surface area (Å²) < 4.78 is 18.7. The third kappa shape index (κ3) is 3.17. The Balaban J connectivity index is 1.46. The van der Waals surface area contributed by atoms with Gasteiger partial charge in [0.25, 0.3) is 0 Å². The summed E-state index contributed by atoms with van der Waals surface area (Å²) in [4.78, 5) is 0. The topological polar surface area (TPSA) is 114 Å². The van der Waals surface area contributed by atoms with Crippen LogP contribution in [0.15, 0.2) is 73.1 Å². The number of H-pyrrole nitrogens is 1. The molecule has 3 N–H and O–H groups in total. The number of nitrogen functional groups attached to an aromatic ring is 1. The van der Waals surface area contributed by atoms with Gasteiger partial charge in [0.15, 0.2) is 5.82 Å². The standard InChI is InChI=1S/C25H17FN8/c26-20-9-18(22-7-8-30-33(22)14-16-3-1-15(12-27)2-4-16)10-23-24(20)25(28)32-34(23)19-6-5-17-13-29-31-21(17)11-19/h1-11,13H,14H2,(H2,28,32)(H,29,31). The number of nitrogens with zero attached hydrogens (tertiary/aromatic N) is 6. The summed E-state index contributed by atoms with van der Waals surface area (Å²) >= 11 is 0. The molecule has 3 aromatic carbocycles. The summed E-state index contributed by atoms with van der Waals surface area (Å²) in [5, 5.41) is 26.1. The van der Waals surface area contributed by atoms with Crippen molar-refractivity contribution < 1.29 is 4.39 Å². The van der Waals surface area contributed by atoms with Crippen molar-refractivity contribution >= 4 is 27.6 Å². The first kappa shape index (κ1) is 19.7. The molecule has 0 fully saturated rings. The van der Waals surface area contributed by atoms with Gasteiger partial charge in [-0.3, -0.25) is 9.78 Å². The lowest BCUT2D eigenvalue weighted by molar-refractivity contribution is 0.639. The monoisotopic (exact) mass is 448 g/mol. The molecule has 0 bridgehead atoms. The lowest BCUT2D eigenvalue weighted by Gasteiger charge is -2.10. The maximum absolute atomic E-state index is 15.3. The molecule has 34 heavy (non-hydrogen) atoms. The second-order valence-corrected chi connectivity index (χ2v) is 7.97. The van der Waals surface area contributed by atoms with Gasteiger partial charge in [-0.15, -0.1) is 5.10 Å². The normalized spacial score (nSPS) is 11.3. The molecule has 6 rings (SSSR count). The highest BCUT2D eigenvalue weighted by Gasteiger charge is 2.18. The minimum atomic E-state index is -0.454. The van der Waals surface area contributed by atoms with Gasteiger partial charge in [0, 0.05) is 17.1 Å². The van der Waals surface area contributed by atoms with Crippen molar-refractivity contribution in [3.8, 4) is 23.0 Å². The Morgan fingerprint density at radius 3 is 2.74 bits per heavy atom. The number of nitriles is 1. The molecule has 0 saturated heterocycles. The van der Waals surface area contributed by atoms with Crippen LogP contribution in [-0.2, 0) is 6.54 Å². The number of nitrogens with two attached hydrogens (primary N) is 1. The predicted octanol–water partition coefficient (Wildman–Crippen LogP) is 4.41. The smallest absolute Gasteiger partial charge is 0.156 e. The van der Waals surface area contributed by atoms with Gasteiger partial charge >= 0.3 is 0 Å². The van der Waals surface area contributed by atoms with Crippen molar-refractivity contribution in [2.75, 3.05) is 5.73 Å². The van der Waals surface area contributed by atoms with Crippen molar-refractivity contribution in [1.29, 1.82) is 5.26 Å². The molecule has 0 unspecified atom stereocenters. The van der Waals surface area contributed by atoms with Crippen LogP contribution in [0.1, 0.15) is 11.1 Å². The molecule has 0 aliphatic rings. The molecule has 0 spiro atoms. The first-order chi connectivity index (χ1) is 16.6. The van der Waals surface area contributed by atoms with Crippen molar-refractivity contribution in [3.05, 3.63) is 90.0 Å². The molecule has 8 nitrogen and oxygen atoms in total. The Hall–Kier alpha value is -4.97. The zero-order valence-corrected chi connectivity index (χ0v) is 17.8. The Bertz CT molecular complexity index is 1720. The summed E-state index contributed by atoms with van der Waals surface area (Å²) in [5.74, 6) is -0.333. The van der Waals surface area contributed by atoms with Crippen LogP contribution in [0.25, 0.3) is 38.8 Å². The Morgan fingerprint density at radius 1 is 1.06 bits per heavy atom. The SMILES string of the molecule is N#Cc1ccc(Cn2nccc2-c2cc(F)c3c(N)nn(-c4ccc5cn[nH]c5c4)c3c2)cc1. The zero-order chi connectivity index (χ0) is 23.2. The van der Waals surface area contributed by atoms with Crippen LogP contribution in [-0.4, -0.2) is 29.8 Å². The highest BCUT2D eigenvalue weighted by Crippen LogP contribution is 2.32. The van der Waals surface area contributed by atoms with Crippen molar-refractivity contribution in [3.63, 3.8) is 0 Å². The van der Waals surface area contributed by atoms with Gasteiger partial charge in [0.05, 0.1) is 52.2 Å². The summed E-state index contributed by atoms with van der Waals surface area (Å²) in [6.45, 7) is 0.478. The molecule has 9 heteroatoms. The first-order valence-corrected chi connectivity index (χ1v) is 10.5. The number of benzene rings is 3. The van der Waals surface area contributed by atoms with E-state index < -0.39 is 5.82 Å². The number of rotatable bonds is 4. The number of hydrogen-bond acceptors (Lipinski definition) is 5. The lowest BCUT2D eigenvalue weighted by atomic mass is 10.1. The highest BCUT2D eigenvalue weighted by atomic mass is 19.1. The van der Waals surface area contributed by atoms with Gasteiger partial charge in [-0.1, -0.05) is 12.1 Å². The Labute approximate surface area is 192 Å². The molecular formula is C25H17FN8. The number of halogens is 1. The van der Waals surface area contributed by atoms with Crippen LogP contribution in [0.4, 0.5) is 10.2 Å². The van der Waals surface area contributed by atoms with Crippen LogP contribution >= 0.6 is 0 Å². The zero-order valence-electron chi connectivity index (χ0n) is 17.8. The van der Waals surface area contributed by atoms with Gasteiger partial charge in [0.2, 0.25) is 0 Å². The van der Waals surface area contributed by atoms with Crippen LogP contribution in [0, 0.1) is 17.1 Å². The van der Waals surface area contributed by atoms with Crippen molar-refractivity contribution in [2.45, 2.75) is 6.54 Å². The fraction of sp³-hybridized carbons (Fsp3) is 0.0400. The Kier molecular flexibility index (Phi) is 4.38. The van der Waals surface area contributed by atoms with E-state index in [0.717, 1.165) is 27.8 Å². The van der Waals surface area contributed by atoms with E-state index in [2.05, 4.69) is 26.5 Å². The van der Waals surface area contributed by atoms with E-state index in [0.29, 0.717) is 23.2 Å². The molecule has 3 heterocycles. The van der Waals surface area contributed by atoms with E-state index in [4.69, 9.17) is 11.0 Å². The molecule has 0 aliphatic carbocycles. The van der Waals surface area contributed by atoms with E-state index in [1.807, 2.05) is 42.5 Å². The highest BCUT2D eigenvalue weighted by molar-refractivity contribution is 5.94. The number of hydrogen-bond donors (Lipinski definition) is 2. The second-order valence-electron chi connectivity index (χ2n) is 7.97. The number of anilines is 1. The van der Waals surface area contributed by atoms with Gasteiger partial charge in [-0.2, -0.15) is 15.5 Å². The number of aromatic nitrogens is 6. The van der Waals surface area contributed by atoms with E-state index >= 15 is 4.39 Å². The van der Waals surface area contributed by atoms with Crippen LogP contribution < -0.4 is 5.73 Å². The number of fused-ring (bicyclic) bond motifs is 2. The van der Waals surface area contributed by atoms with Crippen LogP contribution in [0.5, 0.6) is 0 Å². The van der Waals surface area contributed by atoms with E-state index in [9.17, 15) is 0 Å². The van der Waals surface area contributed by atoms with Gasteiger partial charge in [-0.25, -0.2) is 9.07 Å². The number of nitrogens with one attached hydrogen (secondary N) is 1. The second kappa shape index (κ2) is 7.56. The molecule has 0 amide bonds. The van der Waals surface area contributed by atoms with E-state index in [-0.39, 0.29) is 11.2 Å². The van der Waals surface area contributed by atoms with Gasteiger partial charge in [-0.05, 0) is 54.1 Å². The molecule has 0 atom stereocenters. The van der Waals surface area contributed by atoms with E-state index in [1.165, 1.54) is 6.07 Å². The quantitative estimate of drug-likeness (QED) is 0.415. The molecule has 3 aromatic heterocycles. The average molecular weight is 448 g/mol. The van der Waals surface area contributed by atoms with Gasteiger partial charge < -0.3 is 5.73 Å². The maximum atomic E-state index is 15.3. The summed E-state index contributed by atoms with van der Waals surface area (Å²) in [5.41, 5.74) is 11.2. The third-order valence-corrected chi connectivity index (χ3v) is 5.86. The van der Waals surface area contributed by atoms with Crippen LogP contribution in [0.2, 0.25) is 0 Å². The molecular weight excluding hydrogens is 431 g/mol. The largest absolute Gasteiger partial charge is 0.382 e. The van der Waals surface area contributed by atoms with E-state index in [1.54, 1.807) is 33.9 Å². The van der Waals surface area contributed by atoms with Crippen molar-refractivity contribution in [2.24, 2.45) is 0 Å². The van der Waals surface area contributed by atoms with Crippen LogP contribution in [0.3, 0.4) is 0 Å². The lowest BCUT2D eigenvalue weighted by Crippen LogP contribution is -2.04. The van der Waals surface area contributed by atoms with Crippen molar-refractivity contribution in [1.82, 2.24) is 29.8 Å². The maximum Gasteiger partial charge on any atom is 0.156 e. The molecule has 164 valence electrons. The summed E-state index contributed by atoms with van der Waals surface area (Å²) in [6.07, 6.45) is 3.42. The third-order valence-electron chi connectivity index (χ3n) is 5.86.